The van der Waals surface area contributed by atoms with Gasteiger partial charge in [-0.2, -0.15) is 5.10 Å². The van der Waals surface area contributed by atoms with Crippen LogP contribution in [-0.4, -0.2) is 36.7 Å². The van der Waals surface area contributed by atoms with Gasteiger partial charge in [-0.05, 0) is 36.2 Å². The van der Waals surface area contributed by atoms with Gasteiger partial charge in [0.25, 0.3) is 11.5 Å². The van der Waals surface area contributed by atoms with Gasteiger partial charge in [0.2, 0.25) is 10.0 Å². The summed E-state index contributed by atoms with van der Waals surface area (Å²) < 4.78 is 28.9. The summed E-state index contributed by atoms with van der Waals surface area (Å²) in [4.78, 5) is 37.3. The topological polar surface area (TPSA) is 150 Å². The standard InChI is InChI=1S/C21H22N4O6S/c1-13(2)11-25-20(27)17-6-4-3-5-16(17)19(24-25)21(28)31-12-18(26)23-14-7-9-15(10-8-14)32(22,29)30/h3-10,13H,11-12H2,1-2H3,(H,23,26)(H2,22,29,30). The number of primary sulfonamides is 1. The Hall–Kier alpha value is -3.57. The van der Waals surface area contributed by atoms with Crippen LogP contribution in [-0.2, 0) is 26.1 Å². The van der Waals surface area contributed by atoms with Crippen LogP contribution in [0, 0.1) is 5.92 Å². The maximum absolute atomic E-state index is 12.7. The third kappa shape index (κ3) is 5.37. The third-order valence-electron chi connectivity index (χ3n) is 4.40. The predicted octanol–water partition coefficient (Wildman–Crippen LogP) is 1.50. The van der Waals surface area contributed by atoms with Gasteiger partial charge in [0.05, 0.1) is 10.3 Å². The van der Waals surface area contributed by atoms with Crippen molar-refractivity contribution < 1.29 is 22.7 Å². The van der Waals surface area contributed by atoms with Crippen molar-refractivity contribution in [3.05, 3.63) is 64.6 Å². The fourth-order valence-corrected chi connectivity index (χ4v) is 3.50. The van der Waals surface area contributed by atoms with Crippen molar-refractivity contribution in [1.82, 2.24) is 9.78 Å². The summed E-state index contributed by atoms with van der Waals surface area (Å²) in [6, 6.07) is 11.7. The molecule has 0 saturated heterocycles. The Morgan fingerprint density at radius 2 is 1.72 bits per heavy atom. The maximum Gasteiger partial charge on any atom is 0.359 e. The first-order valence-corrected chi connectivity index (χ1v) is 11.2. The Kier molecular flexibility index (Phi) is 6.70. The number of sulfonamides is 1. The van der Waals surface area contributed by atoms with E-state index in [-0.39, 0.29) is 22.1 Å². The fourth-order valence-electron chi connectivity index (χ4n) is 2.98. The highest BCUT2D eigenvalue weighted by atomic mass is 32.2. The Morgan fingerprint density at radius 1 is 1.09 bits per heavy atom. The van der Waals surface area contributed by atoms with E-state index in [4.69, 9.17) is 9.88 Å². The average molecular weight is 458 g/mol. The lowest BCUT2D eigenvalue weighted by atomic mass is 10.1. The molecule has 0 unspecified atom stereocenters. The molecule has 3 rings (SSSR count). The number of nitrogens with two attached hydrogens (primary N) is 1. The summed E-state index contributed by atoms with van der Waals surface area (Å²) in [5, 5.41) is 12.3. The van der Waals surface area contributed by atoms with Gasteiger partial charge in [-0.1, -0.05) is 32.0 Å². The zero-order valence-corrected chi connectivity index (χ0v) is 18.3. The van der Waals surface area contributed by atoms with Crippen LogP contribution in [0.25, 0.3) is 10.8 Å². The van der Waals surface area contributed by atoms with Crippen LogP contribution in [0.2, 0.25) is 0 Å². The van der Waals surface area contributed by atoms with E-state index in [9.17, 15) is 22.8 Å². The van der Waals surface area contributed by atoms with Crippen molar-refractivity contribution in [3.8, 4) is 0 Å². The zero-order chi connectivity index (χ0) is 23.5. The molecule has 168 valence electrons. The van der Waals surface area contributed by atoms with E-state index in [0.717, 1.165) is 0 Å². The largest absolute Gasteiger partial charge is 0.451 e. The number of hydrogen-bond donors (Lipinski definition) is 2. The molecule has 0 bridgehead atoms. The Bertz CT molecular complexity index is 1330. The van der Waals surface area contributed by atoms with Gasteiger partial charge < -0.3 is 10.1 Å². The molecule has 0 aliphatic heterocycles. The van der Waals surface area contributed by atoms with Crippen LogP contribution >= 0.6 is 0 Å². The van der Waals surface area contributed by atoms with Crippen LogP contribution in [0.15, 0.2) is 58.2 Å². The van der Waals surface area contributed by atoms with Gasteiger partial charge >= 0.3 is 5.97 Å². The van der Waals surface area contributed by atoms with E-state index in [2.05, 4.69) is 10.4 Å². The Balaban J connectivity index is 1.75. The molecule has 3 aromatic rings. The van der Waals surface area contributed by atoms with E-state index in [1.165, 1.54) is 28.9 Å². The Morgan fingerprint density at radius 3 is 2.31 bits per heavy atom. The van der Waals surface area contributed by atoms with Gasteiger partial charge in [0.15, 0.2) is 12.3 Å². The fraction of sp³-hybridized carbons (Fsp3) is 0.238. The van der Waals surface area contributed by atoms with Gasteiger partial charge in [0.1, 0.15) is 0 Å². The minimum absolute atomic E-state index is 0.0637. The third-order valence-corrected chi connectivity index (χ3v) is 5.33. The van der Waals surface area contributed by atoms with Crippen molar-refractivity contribution in [2.75, 3.05) is 11.9 Å². The quantitative estimate of drug-likeness (QED) is 0.509. The second-order valence-electron chi connectivity index (χ2n) is 7.47. The van der Waals surface area contributed by atoms with Crippen LogP contribution in [0.5, 0.6) is 0 Å². The van der Waals surface area contributed by atoms with Crippen LogP contribution in [0.4, 0.5) is 5.69 Å². The van der Waals surface area contributed by atoms with Crippen LogP contribution in [0.1, 0.15) is 24.3 Å². The summed E-state index contributed by atoms with van der Waals surface area (Å²) in [5.41, 5.74) is -0.0785. The zero-order valence-electron chi connectivity index (χ0n) is 17.4. The second kappa shape index (κ2) is 9.28. The van der Waals surface area contributed by atoms with Crippen molar-refractivity contribution in [2.45, 2.75) is 25.3 Å². The maximum atomic E-state index is 12.7. The molecule has 0 saturated carbocycles. The highest BCUT2D eigenvalue weighted by Crippen LogP contribution is 2.15. The second-order valence-corrected chi connectivity index (χ2v) is 9.03. The molecule has 32 heavy (non-hydrogen) atoms. The van der Waals surface area contributed by atoms with E-state index in [1.54, 1.807) is 24.3 Å². The summed E-state index contributed by atoms with van der Waals surface area (Å²) in [7, 11) is -3.85. The number of nitrogens with one attached hydrogen (secondary N) is 1. The molecule has 0 spiro atoms. The molecule has 0 aliphatic rings. The first kappa shape index (κ1) is 23.1. The minimum atomic E-state index is -3.85. The molecular weight excluding hydrogens is 436 g/mol. The number of anilines is 1. The van der Waals surface area contributed by atoms with Gasteiger partial charge in [-0.15, -0.1) is 0 Å². The van der Waals surface area contributed by atoms with E-state index < -0.39 is 28.5 Å². The number of carbonyl (C=O) groups is 2. The summed E-state index contributed by atoms with van der Waals surface area (Å²) in [6.45, 7) is 3.55. The van der Waals surface area contributed by atoms with Crippen molar-refractivity contribution in [3.63, 3.8) is 0 Å². The number of benzene rings is 2. The predicted molar refractivity (Wildman–Crippen MR) is 118 cm³/mol. The highest BCUT2D eigenvalue weighted by Gasteiger charge is 2.19. The van der Waals surface area contributed by atoms with Gasteiger partial charge in [-0.3, -0.25) is 9.59 Å². The smallest absolute Gasteiger partial charge is 0.359 e. The first-order chi connectivity index (χ1) is 15.1. The van der Waals surface area contributed by atoms with E-state index in [0.29, 0.717) is 23.0 Å². The van der Waals surface area contributed by atoms with Crippen molar-refractivity contribution >= 4 is 38.4 Å². The monoisotopic (exact) mass is 458 g/mol. The number of hydrogen-bond acceptors (Lipinski definition) is 7. The first-order valence-electron chi connectivity index (χ1n) is 9.66. The SMILES string of the molecule is CC(C)Cn1nc(C(=O)OCC(=O)Nc2ccc(S(N)(=O)=O)cc2)c2ccccc2c1=O. The number of ether oxygens (including phenoxy) is 1. The number of aromatic nitrogens is 2. The lowest BCUT2D eigenvalue weighted by Crippen LogP contribution is -2.29. The molecule has 0 atom stereocenters. The van der Waals surface area contributed by atoms with Crippen molar-refractivity contribution in [1.29, 1.82) is 0 Å². The molecular formula is C21H22N4O6S. The van der Waals surface area contributed by atoms with Crippen LogP contribution in [0.3, 0.4) is 0 Å². The molecule has 10 nitrogen and oxygen atoms in total. The molecule has 2 aromatic carbocycles. The normalized spacial score (nSPS) is 11.5. The molecule has 11 heteroatoms. The highest BCUT2D eigenvalue weighted by molar-refractivity contribution is 7.89. The molecule has 1 amide bonds. The number of amides is 1. The average Bonchev–Trinajstić information content (AvgIpc) is 2.73. The summed E-state index contributed by atoms with van der Waals surface area (Å²) in [5.74, 6) is -1.36. The number of carbonyl (C=O) groups excluding carboxylic acids is 2. The number of esters is 1. The number of fused-ring (bicyclic) bond motifs is 1. The lowest BCUT2D eigenvalue weighted by molar-refractivity contribution is -0.119. The summed E-state index contributed by atoms with van der Waals surface area (Å²) >= 11 is 0. The molecule has 0 aliphatic carbocycles. The number of rotatable bonds is 7. The van der Waals surface area contributed by atoms with Gasteiger partial charge in [-0.25, -0.2) is 23.0 Å². The van der Waals surface area contributed by atoms with E-state index in [1.807, 2.05) is 13.8 Å². The molecule has 0 radical (unpaired) electrons. The molecule has 3 N–H and O–H groups in total. The lowest BCUT2D eigenvalue weighted by Gasteiger charge is -2.12. The molecule has 1 aromatic heterocycles. The Labute approximate surface area is 184 Å². The van der Waals surface area contributed by atoms with Crippen LogP contribution < -0.4 is 16.0 Å². The summed E-state index contributed by atoms with van der Waals surface area (Å²) in [6.07, 6.45) is 0. The number of nitrogens with zero attached hydrogens (tertiary/aromatic N) is 2. The minimum Gasteiger partial charge on any atom is -0.451 e. The molecule has 0 fully saturated rings. The van der Waals surface area contributed by atoms with Crippen molar-refractivity contribution in [2.24, 2.45) is 11.1 Å². The molecule has 1 heterocycles. The van der Waals surface area contributed by atoms with Gasteiger partial charge in [0, 0.05) is 17.6 Å². The van der Waals surface area contributed by atoms with E-state index >= 15 is 0 Å².